The zero-order valence-electron chi connectivity index (χ0n) is 22.3. The van der Waals surface area contributed by atoms with Crippen molar-refractivity contribution in [3.05, 3.63) is 110 Å². The van der Waals surface area contributed by atoms with E-state index in [2.05, 4.69) is 53.8 Å². The van der Waals surface area contributed by atoms with E-state index < -0.39 is 5.41 Å². The Hall–Kier alpha value is -0.650. The number of para-hydroxylation sites is 2. The summed E-state index contributed by atoms with van der Waals surface area (Å²) >= 11 is 24.2. The molecule has 0 aliphatic carbocycles. The average molecular weight is 748 g/mol. The standard InChI is InChI=1S/C21H19Cl4N3.2C4H9.Hf/c1-21(18-10-2-3-11-26-18,12-27-19-14(22)6-4-7-15(19)23)13-28-20-16(24)8-5-9-17(20)25;2*1-4(2)3;/h2-10,22H,11-13H2,1H3;2*4H,1H2,2-3H3;/q-2;2*-1;. The van der Waals surface area contributed by atoms with Gasteiger partial charge in [0.1, 0.15) is 0 Å². The van der Waals surface area contributed by atoms with E-state index in [4.69, 9.17) is 57.0 Å². The summed E-state index contributed by atoms with van der Waals surface area (Å²) in [7, 11) is 0. The zero-order valence-corrected chi connectivity index (χ0v) is 28.9. The van der Waals surface area contributed by atoms with Crippen LogP contribution in [0.1, 0.15) is 34.6 Å². The molecule has 1 aliphatic rings. The Kier molecular flexibility index (Phi) is 18.3. The number of benzene rings is 2. The molecule has 0 spiro atoms. The van der Waals surface area contributed by atoms with Gasteiger partial charge in [-0.15, -0.1) is 31.4 Å². The predicted molar refractivity (Wildman–Crippen MR) is 158 cm³/mol. The second kappa shape index (κ2) is 18.6. The summed E-state index contributed by atoms with van der Waals surface area (Å²) in [4.78, 5) is 0. The van der Waals surface area contributed by atoms with Crippen LogP contribution < -0.4 is 0 Å². The number of nitrogens with zero attached hydrogens (tertiary/aromatic N) is 3. The molecule has 0 saturated heterocycles. The molecule has 1 aliphatic heterocycles. The van der Waals surface area contributed by atoms with Crippen LogP contribution in [0.15, 0.2) is 60.3 Å². The van der Waals surface area contributed by atoms with Crippen molar-refractivity contribution < 1.29 is 37.4 Å². The van der Waals surface area contributed by atoms with Gasteiger partial charge in [-0.05, 0) is 18.2 Å². The molecular formula is C29H37Cl4HfN3-4. The summed E-state index contributed by atoms with van der Waals surface area (Å²) in [6, 6.07) is 10.8. The Labute approximate surface area is 263 Å². The van der Waals surface area contributed by atoms with Gasteiger partial charge in [0.15, 0.2) is 11.6 Å². The van der Waals surface area contributed by atoms with Gasteiger partial charge in [0.05, 0.1) is 0 Å². The molecule has 204 valence electrons. The molecule has 1 heterocycles. The van der Waals surface area contributed by atoms with E-state index in [9.17, 15) is 0 Å². The Morgan fingerprint density at radius 3 is 1.76 bits per heavy atom. The normalized spacial score (nSPS) is 13.6. The second-order valence-corrected chi connectivity index (χ2v) is 11.1. The van der Waals surface area contributed by atoms with Crippen molar-refractivity contribution in [2.75, 3.05) is 19.6 Å². The molecule has 37 heavy (non-hydrogen) atoms. The minimum absolute atomic E-state index is 0. The van der Waals surface area contributed by atoms with Crippen LogP contribution in [0, 0.1) is 42.7 Å². The molecule has 8 heteroatoms. The van der Waals surface area contributed by atoms with Gasteiger partial charge in [0.2, 0.25) is 5.02 Å². The van der Waals surface area contributed by atoms with Crippen LogP contribution in [-0.2, 0) is 25.8 Å². The molecule has 0 N–H and O–H groups in total. The number of hydrogen-bond acceptors (Lipinski definition) is 0. The van der Waals surface area contributed by atoms with Gasteiger partial charge in [-0.25, -0.2) is 0 Å². The molecule has 0 fully saturated rings. The smallest absolute Gasteiger partial charge is 0.212 e. The minimum atomic E-state index is -0.464. The third-order valence-corrected chi connectivity index (χ3v) is 5.68. The average Bonchev–Trinajstić information content (AvgIpc) is 2.78. The number of halogens is 4. The summed E-state index contributed by atoms with van der Waals surface area (Å²) in [5.41, 5.74) is 1.65. The number of allylic oxidation sites excluding steroid dienone is 2. The first-order valence-electron chi connectivity index (χ1n) is 11.8. The molecule has 1 unspecified atom stereocenters. The zero-order chi connectivity index (χ0) is 27.3. The first-order valence-corrected chi connectivity index (χ1v) is 13.4. The fourth-order valence-electron chi connectivity index (χ4n) is 2.82. The fraction of sp³-hybridized carbons (Fsp3) is 0.379. The summed E-state index contributed by atoms with van der Waals surface area (Å²) in [6.45, 7) is 19.0. The first kappa shape index (κ1) is 36.4. The Balaban J connectivity index is 0.00000127. The molecule has 1 atom stereocenters. The van der Waals surface area contributed by atoms with Gasteiger partial charge in [-0.2, -0.15) is 17.5 Å². The molecule has 0 amide bonds. The van der Waals surface area contributed by atoms with Crippen LogP contribution in [0.3, 0.4) is 0 Å². The predicted octanol–water partition coefficient (Wildman–Crippen LogP) is 10.8. The summed E-state index contributed by atoms with van der Waals surface area (Å²) in [5.74, 6) is 1.17. The largest absolute Gasteiger partial charge is 0.684 e. The Morgan fingerprint density at radius 1 is 0.892 bits per heavy atom. The minimum Gasteiger partial charge on any atom is -0.684 e. The van der Waals surface area contributed by atoms with E-state index in [1.807, 2.05) is 30.4 Å². The Bertz CT molecular complexity index is 899. The van der Waals surface area contributed by atoms with Gasteiger partial charge in [0.25, 0.3) is 0 Å². The maximum atomic E-state index is 6.29. The molecule has 2 aromatic rings. The monoisotopic (exact) mass is 747 g/mol. The third-order valence-electron chi connectivity index (χ3n) is 4.44. The maximum absolute atomic E-state index is 6.29. The van der Waals surface area contributed by atoms with Crippen molar-refractivity contribution >= 4 is 46.2 Å². The molecule has 0 radical (unpaired) electrons. The van der Waals surface area contributed by atoms with Crippen molar-refractivity contribution in [1.29, 1.82) is 0 Å². The van der Waals surface area contributed by atoms with Gasteiger partial charge in [-0.1, -0.05) is 105 Å². The molecule has 0 aromatic heterocycles. The van der Waals surface area contributed by atoms with E-state index >= 15 is 0 Å². The number of hydrogen-bond donors (Lipinski definition) is 0. The van der Waals surface area contributed by atoms with E-state index in [1.165, 1.54) is 0 Å². The fourth-order valence-corrected chi connectivity index (χ4v) is 3.88. The molecule has 0 bridgehead atoms. The van der Waals surface area contributed by atoms with Crippen LogP contribution in [0.5, 0.6) is 0 Å². The summed E-state index contributed by atoms with van der Waals surface area (Å²) in [5, 5.41) is 16.3. The van der Waals surface area contributed by atoms with E-state index in [0.717, 1.165) is 5.70 Å². The second-order valence-electron chi connectivity index (χ2n) is 9.46. The van der Waals surface area contributed by atoms with Crippen molar-refractivity contribution in [3.63, 3.8) is 0 Å². The van der Waals surface area contributed by atoms with Crippen molar-refractivity contribution in [1.82, 2.24) is 0 Å². The van der Waals surface area contributed by atoms with Crippen LogP contribution in [-0.4, -0.2) is 19.6 Å². The van der Waals surface area contributed by atoms with Crippen molar-refractivity contribution in [3.8, 4) is 0 Å². The quantitative estimate of drug-likeness (QED) is 0.200. The van der Waals surface area contributed by atoms with E-state index in [1.54, 1.807) is 24.3 Å². The SMILES string of the molecule is CC(C[N-]c1c(Cl)cccc1Cl)(C[N-]c1c(Cl)cccc1[ClH+])C1=CC=CC[N-]1.[CH2-]C(C)C.[CH2-]C(C)C.[Hf]. The molecule has 0 saturated carbocycles. The topological polar surface area (TPSA) is 42.3 Å². The van der Waals surface area contributed by atoms with Crippen LogP contribution in [0.25, 0.3) is 16.0 Å². The number of rotatable bonds is 7. The van der Waals surface area contributed by atoms with Crippen LogP contribution >= 0.6 is 34.8 Å². The van der Waals surface area contributed by atoms with Gasteiger partial charge in [-0.3, -0.25) is 0 Å². The van der Waals surface area contributed by atoms with E-state index in [0.29, 0.717) is 62.9 Å². The van der Waals surface area contributed by atoms with E-state index in [-0.39, 0.29) is 25.8 Å². The first-order chi connectivity index (χ1) is 16.9. The Morgan fingerprint density at radius 2 is 1.32 bits per heavy atom. The van der Waals surface area contributed by atoms with Gasteiger partial charge >= 0.3 is 0 Å². The molecule has 3 nitrogen and oxygen atoms in total. The summed E-state index contributed by atoms with van der Waals surface area (Å²) in [6.07, 6.45) is 5.99. The van der Waals surface area contributed by atoms with Crippen LogP contribution in [0.2, 0.25) is 20.1 Å². The molecule has 2 aromatic carbocycles. The molecule has 3 rings (SSSR count). The van der Waals surface area contributed by atoms with Gasteiger partial charge in [0, 0.05) is 47.0 Å². The summed E-state index contributed by atoms with van der Waals surface area (Å²) < 4.78 is 0. The maximum Gasteiger partial charge on any atom is 0.212 e. The third kappa shape index (κ3) is 13.8. The van der Waals surface area contributed by atoms with Crippen molar-refractivity contribution in [2.24, 2.45) is 17.3 Å². The molecular weight excluding hydrogens is 711 g/mol. The van der Waals surface area contributed by atoms with Crippen molar-refractivity contribution in [2.45, 2.75) is 34.6 Å². The van der Waals surface area contributed by atoms with Crippen LogP contribution in [0.4, 0.5) is 11.4 Å². The van der Waals surface area contributed by atoms with Gasteiger partial charge < -0.3 is 29.8 Å².